The number of nitrogens with two attached hydrogens (primary N) is 1. The normalized spacial score (nSPS) is 9.54. The van der Waals surface area contributed by atoms with Crippen LogP contribution in [0, 0.1) is 0 Å². The van der Waals surface area contributed by atoms with Crippen LogP contribution >= 0.6 is 11.3 Å². The van der Waals surface area contributed by atoms with Gasteiger partial charge < -0.3 is 18.1 Å². The second kappa shape index (κ2) is 4.25. The van der Waals surface area contributed by atoms with Crippen LogP contribution in [-0.2, 0) is 6.42 Å². The van der Waals surface area contributed by atoms with Crippen molar-refractivity contribution in [1.82, 2.24) is 10.2 Å². The molecule has 0 radical (unpaired) electrons. The fourth-order valence-electron chi connectivity index (χ4n) is 1.01. The van der Waals surface area contributed by atoms with Crippen LogP contribution in [0.4, 0.5) is 5.95 Å². The van der Waals surface area contributed by atoms with E-state index in [-0.39, 0.29) is 12.4 Å². The molecule has 6 heteroatoms. The van der Waals surface area contributed by atoms with E-state index in [0.29, 0.717) is 5.95 Å². The van der Waals surface area contributed by atoms with E-state index < -0.39 is 0 Å². The van der Waals surface area contributed by atoms with Gasteiger partial charge >= 0.3 is 5.95 Å². The highest BCUT2D eigenvalue weighted by molar-refractivity contribution is 7.09. The van der Waals surface area contributed by atoms with Gasteiger partial charge in [0.25, 0.3) is 0 Å². The van der Waals surface area contributed by atoms with E-state index in [1.165, 1.54) is 4.88 Å². The maximum atomic E-state index is 5.41. The molecule has 13 heavy (non-hydrogen) atoms. The van der Waals surface area contributed by atoms with Gasteiger partial charge in [-0.05, 0) is 11.4 Å². The number of rotatable bonds is 2. The highest BCUT2D eigenvalue weighted by Crippen LogP contribution is 2.10. The number of hydrogen-bond acceptors (Lipinski definition) is 3. The van der Waals surface area contributed by atoms with Crippen molar-refractivity contribution in [1.29, 1.82) is 0 Å². The molecule has 0 unspecified atom stereocenters. The van der Waals surface area contributed by atoms with E-state index in [1.54, 1.807) is 11.3 Å². The lowest BCUT2D eigenvalue weighted by Crippen LogP contribution is -3.00. The van der Waals surface area contributed by atoms with Gasteiger partial charge in [-0.15, -0.1) is 11.3 Å². The van der Waals surface area contributed by atoms with Gasteiger partial charge in [0.15, 0.2) is 0 Å². The molecule has 0 amide bonds. The summed E-state index contributed by atoms with van der Waals surface area (Å²) in [5.74, 6) is 1.37. The lowest BCUT2D eigenvalue weighted by molar-refractivity contribution is -0.372. The Balaban J connectivity index is 0.000000845. The summed E-state index contributed by atoms with van der Waals surface area (Å²) in [7, 11) is 0. The van der Waals surface area contributed by atoms with Crippen LogP contribution in [0.1, 0.15) is 10.7 Å². The number of anilines is 1. The summed E-state index contributed by atoms with van der Waals surface area (Å²) in [5.41, 5.74) is 5.41. The first-order valence-electron chi connectivity index (χ1n) is 3.59. The first-order chi connectivity index (χ1) is 5.84. The number of nitrogens with zero attached hydrogens (tertiary/aromatic N) is 1. The molecule has 2 rings (SSSR count). The van der Waals surface area contributed by atoms with Crippen LogP contribution in [0.5, 0.6) is 0 Å². The molecule has 2 aromatic heterocycles. The van der Waals surface area contributed by atoms with Crippen molar-refractivity contribution in [3.8, 4) is 0 Å². The minimum absolute atomic E-state index is 0. The van der Waals surface area contributed by atoms with Gasteiger partial charge in [0.2, 0.25) is 5.82 Å². The maximum absolute atomic E-state index is 5.41. The van der Waals surface area contributed by atoms with Gasteiger partial charge in [0.05, 0.1) is 6.42 Å². The predicted molar refractivity (Wildman–Crippen MR) is 46.7 cm³/mol. The average Bonchev–Trinajstić information content (AvgIpc) is 2.63. The van der Waals surface area contributed by atoms with E-state index in [9.17, 15) is 0 Å². The van der Waals surface area contributed by atoms with Crippen molar-refractivity contribution in [2.24, 2.45) is 0 Å². The third-order valence-electron chi connectivity index (χ3n) is 1.52. The van der Waals surface area contributed by atoms with Crippen molar-refractivity contribution in [2.45, 2.75) is 6.42 Å². The van der Waals surface area contributed by atoms with E-state index in [0.717, 1.165) is 12.2 Å². The van der Waals surface area contributed by atoms with Crippen LogP contribution < -0.4 is 23.1 Å². The summed E-state index contributed by atoms with van der Waals surface area (Å²) in [4.78, 5) is 4.22. The van der Waals surface area contributed by atoms with E-state index in [1.807, 2.05) is 6.07 Å². The Morgan fingerprint density at radius 3 is 3.00 bits per heavy atom. The topological polar surface area (TPSA) is 68.8 Å². The standard InChI is InChI=1S/C7H8N4S.ClH/c8-7-9-6(10-11-7)4-5-2-1-3-12-5;/h1-3H,4H2,(H3,8,9,10,11);1H. The molecule has 0 aliphatic carbocycles. The third kappa shape index (κ3) is 2.43. The monoisotopic (exact) mass is 216 g/mol. The average molecular weight is 217 g/mol. The number of aromatic nitrogens is 3. The molecule has 0 atom stereocenters. The van der Waals surface area contributed by atoms with Crippen molar-refractivity contribution in [2.75, 3.05) is 5.73 Å². The van der Waals surface area contributed by atoms with Crippen LogP contribution in [0.3, 0.4) is 0 Å². The van der Waals surface area contributed by atoms with Crippen molar-refractivity contribution in [3.63, 3.8) is 0 Å². The zero-order chi connectivity index (χ0) is 8.39. The Labute approximate surface area is 85.6 Å². The van der Waals surface area contributed by atoms with Gasteiger partial charge in [-0.2, -0.15) is 5.10 Å². The van der Waals surface area contributed by atoms with Gasteiger partial charge in [0, 0.05) is 9.98 Å². The SMILES string of the molecule is Nc1n[nH]c(Cc2cccs2)[nH+]1.[Cl-]. The molecule has 0 saturated heterocycles. The van der Waals surface area contributed by atoms with Crippen molar-refractivity contribution < 1.29 is 17.4 Å². The first-order valence-corrected chi connectivity index (χ1v) is 4.47. The molecule has 70 valence electrons. The predicted octanol–water partition coefficient (Wildman–Crippen LogP) is -2.54. The lowest BCUT2D eigenvalue weighted by atomic mass is 10.3. The Morgan fingerprint density at radius 1 is 1.62 bits per heavy atom. The Hall–Kier alpha value is -1.07. The minimum atomic E-state index is 0. The molecular formula is C7H9ClN4S. The molecule has 0 aromatic carbocycles. The number of aromatic amines is 2. The zero-order valence-electron chi connectivity index (χ0n) is 6.75. The van der Waals surface area contributed by atoms with Crippen LogP contribution in [0.2, 0.25) is 0 Å². The second-order valence-electron chi connectivity index (χ2n) is 2.47. The summed E-state index contributed by atoms with van der Waals surface area (Å²) >= 11 is 1.72. The zero-order valence-corrected chi connectivity index (χ0v) is 8.32. The summed E-state index contributed by atoms with van der Waals surface area (Å²) in [6, 6.07) is 4.11. The fourth-order valence-corrected chi connectivity index (χ4v) is 1.73. The molecule has 4 nitrogen and oxygen atoms in total. The number of nitrogen functional groups attached to an aromatic ring is 1. The molecule has 0 spiro atoms. The van der Waals surface area contributed by atoms with Crippen molar-refractivity contribution in [3.05, 3.63) is 28.2 Å². The molecule has 0 aliphatic heterocycles. The summed E-state index contributed by atoms with van der Waals surface area (Å²) in [6.45, 7) is 0. The van der Waals surface area contributed by atoms with E-state index >= 15 is 0 Å². The quantitative estimate of drug-likeness (QED) is 0.581. The van der Waals surface area contributed by atoms with Crippen LogP contribution in [0.15, 0.2) is 17.5 Å². The maximum Gasteiger partial charge on any atom is 0.372 e. The van der Waals surface area contributed by atoms with Crippen LogP contribution in [0.25, 0.3) is 0 Å². The number of thiophene rings is 1. The molecular weight excluding hydrogens is 208 g/mol. The third-order valence-corrected chi connectivity index (χ3v) is 2.40. The molecule has 0 aliphatic rings. The smallest absolute Gasteiger partial charge is 0.372 e. The minimum Gasteiger partial charge on any atom is -1.00 e. The largest absolute Gasteiger partial charge is 1.00 e. The van der Waals surface area contributed by atoms with Crippen LogP contribution in [-0.4, -0.2) is 10.2 Å². The Kier molecular flexibility index (Phi) is 3.27. The highest BCUT2D eigenvalue weighted by Gasteiger charge is 2.05. The highest BCUT2D eigenvalue weighted by atomic mass is 35.5. The molecule has 4 N–H and O–H groups in total. The van der Waals surface area contributed by atoms with Gasteiger partial charge in [-0.25, -0.2) is 4.98 Å². The van der Waals surface area contributed by atoms with Gasteiger partial charge in [-0.1, -0.05) is 6.07 Å². The first kappa shape index (κ1) is 10.0. The lowest BCUT2D eigenvalue weighted by Gasteiger charge is -1.86. The Morgan fingerprint density at radius 2 is 2.46 bits per heavy atom. The molecule has 0 fully saturated rings. The number of hydrogen-bond donors (Lipinski definition) is 2. The number of H-pyrrole nitrogens is 2. The van der Waals surface area contributed by atoms with E-state index in [4.69, 9.17) is 5.73 Å². The van der Waals surface area contributed by atoms with Gasteiger partial charge in [0.1, 0.15) is 0 Å². The molecule has 0 bridgehead atoms. The van der Waals surface area contributed by atoms with Gasteiger partial charge in [-0.3, -0.25) is 0 Å². The molecule has 2 aromatic rings. The van der Waals surface area contributed by atoms with Crippen molar-refractivity contribution >= 4 is 17.3 Å². The van der Waals surface area contributed by atoms with E-state index in [2.05, 4.69) is 26.6 Å². The fraction of sp³-hybridized carbons (Fsp3) is 0.143. The summed E-state index contributed by atoms with van der Waals surface area (Å²) in [5, 5.41) is 8.67. The molecule has 0 saturated carbocycles. The molecule has 2 heterocycles. The Bertz CT molecular complexity index is 356. The number of halogens is 1. The second-order valence-corrected chi connectivity index (χ2v) is 3.50. The number of nitrogens with one attached hydrogen (secondary N) is 2. The summed E-state index contributed by atoms with van der Waals surface area (Å²) in [6.07, 6.45) is 0.835. The summed E-state index contributed by atoms with van der Waals surface area (Å²) < 4.78 is 0.